The van der Waals surface area contributed by atoms with E-state index in [-0.39, 0.29) is 0 Å². The van der Waals surface area contributed by atoms with Crippen molar-refractivity contribution >= 4 is 65.4 Å². The fourth-order valence-electron chi connectivity index (χ4n) is 3.18. The van der Waals surface area contributed by atoms with Gasteiger partial charge in [0, 0.05) is 13.8 Å². The average Bonchev–Trinajstić information content (AvgIpc) is 3.06. The van der Waals surface area contributed by atoms with Gasteiger partial charge < -0.3 is 9.11 Å². The quantitative estimate of drug-likeness (QED) is 0.110. The van der Waals surface area contributed by atoms with Crippen LogP contribution in [0, 0.1) is 34.8 Å². The van der Waals surface area contributed by atoms with E-state index in [1.165, 1.54) is 49.2 Å². The van der Waals surface area contributed by atoms with E-state index >= 15 is 0 Å². The van der Waals surface area contributed by atoms with Crippen LogP contribution in [0.25, 0.3) is 0 Å². The first-order chi connectivity index (χ1) is 17.3. The normalized spacial score (nSPS) is 12.5. The monoisotopic (exact) mass is 840 g/mol. The Hall–Kier alpha value is -0.720. The molecule has 0 aliphatic rings. The first kappa shape index (κ1) is 38.3. The third-order valence-electron chi connectivity index (χ3n) is 5.55. The lowest BCUT2D eigenvalue weighted by Gasteiger charge is -2.08. The molecule has 0 aliphatic carbocycles. The van der Waals surface area contributed by atoms with Crippen molar-refractivity contribution in [3.05, 3.63) is 29.9 Å². The van der Waals surface area contributed by atoms with E-state index in [4.69, 9.17) is 25.9 Å². The van der Waals surface area contributed by atoms with Crippen LogP contribution >= 0.6 is 45.2 Å². The van der Waals surface area contributed by atoms with Gasteiger partial charge in [-0.05, 0) is 78.3 Å². The van der Waals surface area contributed by atoms with Crippen LogP contribution in [-0.2, 0) is 47.4 Å². The lowest BCUT2D eigenvalue weighted by Crippen LogP contribution is -2.42. The van der Waals surface area contributed by atoms with Crippen molar-refractivity contribution in [2.75, 3.05) is 0 Å². The van der Waals surface area contributed by atoms with Gasteiger partial charge in [-0.3, -0.25) is 0 Å². The number of alkyl halides is 6. The van der Waals surface area contributed by atoms with Crippen LogP contribution in [0.5, 0.6) is 0 Å². The number of halogens is 8. The molecular weight excluding hydrogens is 812 g/mol. The molecule has 0 aliphatic heterocycles. The van der Waals surface area contributed by atoms with Gasteiger partial charge in [0.05, 0.1) is 24.5 Å². The highest BCUT2D eigenvalue weighted by Crippen LogP contribution is 2.21. The average molecular weight is 840 g/mol. The SMILES string of the molecule is Cc1c(I)c(C)[n+](C)n1CCCCCn1c(C)c(I)c(C)[n+]1C.O=S(=O)([O-])C(F)(F)F.O=S(=O)([O-])C(F)(F)F. The third-order valence-corrected chi connectivity index (χ3v) is 9.80. The van der Waals surface area contributed by atoms with E-state index < -0.39 is 31.3 Å². The summed E-state index contributed by atoms with van der Waals surface area (Å²) in [6, 6.07) is 0. The van der Waals surface area contributed by atoms with Gasteiger partial charge in [-0.25, -0.2) is 16.8 Å². The molecule has 2 rings (SSSR count). The number of aromatic nitrogens is 4. The summed E-state index contributed by atoms with van der Waals surface area (Å²) in [5.74, 6) is 0. The Balaban J connectivity index is 0.000000742. The topological polar surface area (TPSA) is 132 Å². The minimum atomic E-state index is -6.09. The first-order valence-electron chi connectivity index (χ1n) is 10.7. The zero-order chi connectivity index (χ0) is 31.3. The summed E-state index contributed by atoms with van der Waals surface area (Å²) in [4.78, 5) is 0. The molecular formula is C19H28F6I2N4O6S2. The van der Waals surface area contributed by atoms with Crippen LogP contribution in [0.1, 0.15) is 42.0 Å². The lowest BCUT2D eigenvalue weighted by molar-refractivity contribution is -0.759. The van der Waals surface area contributed by atoms with Gasteiger partial charge >= 0.3 is 11.0 Å². The summed E-state index contributed by atoms with van der Waals surface area (Å²) >= 11 is 4.91. The molecule has 39 heavy (non-hydrogen) atoms. The summed E-state index contributed by atoms with van der Waals surface area (Å²) < 4.78 is 130. The molecule has 0 saturated carbocycles. The minimum Gasteiger partial charge on any atom is -0.741 e. The van der Waals surface area contributed by atoms with Gasteiger partial charge in [0.1, 0.15) is 7.14 Å². The van der Waals surface area contributed by atoms with Gasteiger partial charge in [-0.2, -0.15) is 35.7 Å². The summed E-state index contributed by atoms with van der Waals surface area (Å²) in [7, 11) is -7.85. The fourth-order valence-corrected chi connectivity index (χ4v) is 4.44. The summed E-state index contributed by atoms with van der Waals surface area (Å²) in [6.07, 6.45) is 3.73. The van der Waals surface area contributed by atoms with Gasteiger partial charge in [-0.1, -0.05) is 0 Å². The van der Waals surface area contributed by atoms with Crippen LogP contribution in [0.2, 0.25) is 0 Å². The van der Waals surface area contributed by atoms with Crippen LogP contribution in [-0.4, -0.2) is 46.3 Å². The van der Waals surface area contributed by atoms with E-state index in [9.17, 15) is 26.3 Å². The second-order valence-corrected chi connectivity index (χ2v) is 13.0. The molecule has 0 N–H and O–H groups in total. The number of hydrogen-bond acceptors (Lipinski definition) is 6. The second-order valence-electron chi connectivity index (χ2n) is 8.12. The Morgan fingerprint density at radius 1 is 0.667 bits per heavy atom. The Bertz CT molecular complexity index is 1200. The molecule has 0 aromatic carbocycles. The molecule has 0 spiro atoms. The molecule has 0 saturated heterocycles. The van der Waals surface area contributed by atoms with Gasteiger partial charge in [0.2, 0.25) is 11.4 Å². The van der Waals surface area contributed by atoms with Crippen molar-refractivity contribution in [2.45, 2.75) is 71.1 Å². The molecule has 0 amide bonds. The highest BCUT2D eigenvalue weighted by Gasteiger charge is 2.37. The third kappa shape index (κ3) is 10.9. The molecule has 10 nitrogen and oxygen atoms in total. The van der Waals surface area contributed by atoms with Crippen molar-refractivity contribution < 1.29 is 61.6 Å². The Kier molecular flexibility index (Phi) is 14.2. The van der Waals surface area contributed by atoms with E-state index in [1.807, 2.05) is 0 Å². The molecule has 228 valence electrons. The molecule has 0 fully saturated rings. The maximum absolute atomic E-state index is 10.7. The highest BCUT2D eigenvalue weighted by atomic mass is 127. The van der Waals surface area contributed by atoms with Gasteiger partial charge in [-0.15, -0.1) is 9.36 Å². The highest BCUT2D eigenvalue weighted by molar-refractivity contribution is 14.1. The molecule has 2 aromatic heterocycles. The Morgan fingerprint density at radius 3 is 1.05 bits per heavy atom. The summed E-state index contributed by atoms with van der Waals surface area (Å²) in [5, 5.41) is 0. The van der Waals surface area contributed by atoms with Crippen molar-refractivity contribution in [3.63, 3.8) is 0 Å². The van der Waals surface area contributed by atoms with Crippen molar-refractivity contribution in [2.24, 2.45) is 14.1 Å². The van der Waals surface area contributed by atoms with Gasteiger partial charge in [0.15, 0.2) is 34.3 Å². The van der Waals surface area contributed by atoms with Crippen LogP contribution in [0.15, 0.2) is 0 Å². The molecule has 0 unspecified atom stereocenters. The van der Waals surface area contributed by atoms with Crippen molar-refractivity contribution in [1.82, 2.24) is 9.36 Å². The van der Waals surface area contributed by atoms with Crippen LogP contribution in [0.3, 0.4) is 0 Å². The van der Waals surface area contributed by atoms with E-state index in [2.05, 4.69) is 106 Å². The smallest absolute Gasteiger partial charge is 0.485 e. The largest absolute Gasteiger partial charge is 0.741 e. The number of hydrogen-bond donors (Lipinski definition) is 0. The maximum atomic E-state index is 10.7. The fraction of sp³-hybridized carbons (Fsp3) is 0.684. The molecule has 0 atom stereocenters. The predicted octanol–water partition coefficient (Wildman–Crippen LogP) is 3.35. The Morgan fingerprint density at radius 2 is 0.897 bits per heavy atom. The minimum absolute atomic E-state index is 1.11. The second kappa shape index (κ2) is 14.4. The van der Waals surface area contributed by atoms with Crippen LogP contribution in [0.4, 0.5) is 26.3 Å². The maximum Gasteiger partial charge on any atom is 0.485 e. The number of nitrogens with zero attached hydrogens (tertiary/aromatic N) is 4. The zero-order valence-electron chi connectivity index (χ0n) is 21.6. The van der Waals surface area contributed by atoms with Crippen molar-refractivity contribution in [3.8, 4) is 0 Å². The predicted molar refractivity (Wildman–Crippen MR) is 141 cm³/mol. The molecule has 20 heteroatoms. The van der Waals surface area contributed by atoms with Crippen LogP contribution < -0.4 is 9.36 Å². The molecule has 2 aromatic rings. The molecule has 0 radical (unpaired) electrons. The lowest BCUT2D eigenvalue weighted by atomic mass is 10.2. The molecule has 2 heterocycles. The number of unbranched alkanes of at least 4 members (excludes halogenated alkanes) is 2. The van der Waals surface area contributed by atoms with Gasteiger partial charge in [0.25, 0.3) is 0 Å². The van der Waals surface area contributed by atoms with Crippen molar-refractivity contribution in [1.29, 1.82) is 0 Å². The van der Waals surface area contributed by atoms with E-state index in [0.29, 0.717) is 0 Å². The summed E-state index contributed by atoms with van der Waals surface area (Å²) in [6.45, 7) is 11.1. The Labute approximate surface area is 250 Å². The number of rotatable bonds is 6. The standard InChI is InChI=1S/C17H28I2N4.2CHF3O3S/c1-12-16(18)14(3)22(20(12)5)10-8-7-9-11-23-15(4)17(19)13(2)21(23)6;2*2-1(3,4)8(5,6)7/h7-11H2,1-6H3;2*(H,5,6,7)/q+2;;/p-2. The van der Waals surface area contributed by atoms with E-state index in [1.54, 1.807) is 0 Å². The molecule has 0 bridgehead atoms. The zero-order valence-corrected chi connectivity index (χ0v) is 27.6. The summed E-state index contributed by atoms with van der Waals surface area (Å²) in [5.41, 5.74) is -5.78. The van der Waals surface area contributed by atoms with E-state index in [0.717, 1.165) is 13.1 Å². The first-order valence-corrected chi connectivity index (χ1v) is 15.7.